The van der Waals surface area contributed by atoms with Gasteiger partial charge in [-0.25, -0.2) is 4.79 Å². The summed E-state index contributed by atoms with van der Waals surface area (Å²) in [6, 6.07) is 0.680. The second kappa shape index (κ2) is 3.23. The van der Waals surface area contributed by atoms with Gasteiger partial charge < -0.3 is 9.52 Å². The van der Waals surface area contributed by atoms with Crippen molar-refractivity contribution in [2.24, 2.45) is 0 Å². The minimum Gasteiger partial charge on any atom is -0.480 e. The van der Waals surface area contributed by atoms with E-state index in [0.717, 1.165) is 0 Å². The lowest BCUT2D eigenvalue weighted by molar-refractivity contribution is 0.424. The monoisotopic (exact) mass is 208 g/mol. The maximum atomic E-state index is 11.5. The molecule has 2 heterocycles. The second-order valence-corrected chi connectivity index (χ2v) is 3.01. The van der Waals surface area contributed by atoms with Crippen LogP contribution in [0.2, 0.25) is 0 Å². The fraction of sp³-hybridized carbons (Fsp3) is 0.222. The van der Waals surface area contributed by atoms with Gasteiger partial charge in [0.2, 0.25) is 5.71 Å². The van der Waals surface area contributed by atoms with Crippen molar-refractivity contribution in [2.75, 3.05) is 0 Å². The molecule has 0 bridgehead atoms. The molecule has 2 N–H and O–H groups in total. The smallest absolute Gasteiger partial charge is 0.337 e. The molecule has 0 aromatic carbocycles. The number of aryl methyl sites for hydroxylation is 1. The zero-order chi connectivity index (χ0) is 11.0. The van der Waals surface area contributed by atoms with Crippen LogP contribution in [-0.4, -0.2) is 15.1 Å². The van der Waals surface area contributed by atoms with Gasteiger partial charge in [0.15, 0.2) is 0 Å². The predicted molar refractivity (Wildman–Crippen MR) is 51.9 cm³/mol. The Bertz CT molecular complexity index is 626. The molecule has 0 fully saturated rings. The fourth-order valence-corrected chi connectivity index (χ4v) is 1.42. The lowest BCUT2D eigenvalue weighted by Crippen LogP contribution is -2.12. The summed E-state index contributed by atoms with van der Waals surface area (Å²) in [5.41, 5.74) is -0.689. The van der Waals surface area contributed by atoms with Gasteiger partial charge in [0.25, 0.3) is 11.6 Å². The highest BCUT2D eigenvalue weighted by Crippen LogP contribution is 2.12. The molecule has 0 unspecified atom stereocenters. The first-order valence-corrected chi connectivity index (χ1v) is 4.38. The standard InChI is InChI=1S/C9H8N2O4/c1-2-4-3-5(12)15-8-6(4)7(13)10-9(14)11-8/h3H,2H2,1H3,(H2,10,11,13,14). The summed E-state index contributed by atoms with van der Waals surface area (Å²) in [7, 11) is 0. The zero-order valence-corrected chi connectivity index (χ0v) is 7.90. The quantitative estimate of drug-likeness (QED) is 0.695. The van der Waals surface area contributed by atoms with Crippen LogP contribution < -0.4 is 11.2 Å². The van der Waals surface area contributed by atoms with Gasteiger partial charge in [0, 0.05) is 6.07 Å². The molecule has 0 spiro atoms. The van der Waals surface area contributed by atoms with E-state index in [1.54, 1.807) is 6.92 Å². The average molecular weight is 208 g/mol. The summed E-state index contributed by atoms with van der Waals surface area (Å²) in [5.74, 6) is 0. The molecule has 0 aliphatic heterocycles. The highest BCUT2D eigenvalue weighted by Gasteiger charge is 2.10. The van der Waals surface area contributed by atoms with Crippen molar-refractivity contribution in [2.45, 2.75) is 13.3 Å². The van der Waals surface area contributed by atoms with Crippen LogP contribution in [0.1, 0.15) is 12.5 Å². The van der Waals surface area contributed by atoms with Gasteiger partial charge in [0.05, 0.1) is 0 Å². The molecule has 0 aliphatic carbocycles. The Morgan fingerprint density at radius 3 is 2.93 bits per heavy atom. The normalized spacial score (nSPS) is 10.7. The van der Waals surface area contributed by atoms with Crippen molar-refractivity contribution < 1.29 is 9.52 Å². The fourth-order valence-electron chi connectivity index (χ4n) is 1.42. The maximum Gasteiger partial charge on any atom is 0.337 e. The Kier molecular flexibility index (Phi) is 2.03. The second-order valence-electron chi connectivity index (χ2n) is 3.01. The Labute approximate surface area is 83.2 Å². The largest absolute Gasteiger partial charge is 0.480 e. The summed E-state index contributed by atoms with van der Waals surface area (Å²) in [5, 5.41) is 9.24. The summed E-state index contributed by atoms with van der Waals surface area (Å²) < 4.78 is 4.72. The maximum absolute atomic E-state index is 11.5. The number of aromatic amines is 1. The third kappa shape index (κ3) is 1.50. The Hall–Kier alpha value is -2.11. The number of rotatable bonds is 1. The van der Waals surface area contributed by atoms with Crippen molar-refractivity contribution in [3.63, 3.8) is 0 Å². The van der Waals surface area contributed by atoms with Gasteiger partial charge in [-0.3, -0.25) is 9.78 Å². The first-order chi connectivity index (χ1) is 7.11. The predicted octanol–water partition coefficient (Wildman–Crippen LogP) is 0.144. The van der Waals surface area contributed by atoms with Gasteiger partial charge in [-0.2, -0.15) is 4.98 Å². The minimum atomic E-state index is -0.586. The first-order valence-electron chi connectivity index (χ1n) is 4.38. The Balaban J connectivity index is 3.03. The Morgan fingerprint density at radius 1 is 1.53 bits per heavy atom. The van der Waals surface area contributed by atoms with E-state index in [1.165, 1.54) is 6.07 Å². The van der Waals surface area contributed by atoms with Crippen LogP contribution in [0.25, 0.3) is 11.1 Å². The summed E-state index contributed by atoms with van der Waals surface area (Å²) >= 11 is 0. The Morgan fingerprint density at radius 2 is 2.27 bits per heavy atom. The molecule has 0 saturated carbocycles. The molecule has 2 aromatic heterocycles. The highest BCUT2D eigenvalue weighted by atomic mass is 16.4. The van der Waals surface area contributed by atoms with Crippen LogP contribution in [0.4, 0.5) is 0 Å². The van der Waals surface area contributed by atoms with E-state index in [-0.39, 0.29) is 11.1 Å². The number of aromatic nitrogens is 2. The van der Waals surface area contributed by atoms with Crippen molar-refractivity contribution in [1.29, 1.82) is 0 Å². The van der Waals surface area contributed by atoms with Crippen LogP contribution in [0.5, 0.6) is 6.01 Å². The van der Waals surface area contributed by atoms with Gasteiger partial charge in [-0.15, -0.1) is 0 Å². The van der Waals surface area contributed by atoms with Crippen LogP contribution in [0, 0.1) is 0 Å². The van der Waals surface area contributed by atoms with E-state index >= 15 is 0 Å². The molecule has 0 aliphatic rings. The van der Waals surface area contributed by atoms with E-state index < -0.39 is 17.2 Å². The average Bonchev–Trinajstić information content (AvgIpc) is 2.14. The molecule has 0 atom stereocenters. The van der Waals surface area contributed by atoms with E-state index in [4.69, 9.17) is 9.52 Å². The zero-order valence-electron chi connectivity index (χ0n) is 7.90. The van der Waals surface area contributed by atoms with Gasteiger partial charge in [-0.05, 0) is 12.0 Å². The molecule has 2 aromatic rings. The molecule has 6 heteroatoms. The SMILES string of the molecule is CCc1cc(=O)oc2nc(O)[nH]c(=O)c12. The minimum absolute atomic E-state index is 0.138. The summed E-state index contributed by atoms with van der Waals surface area (Å²) in [6.07, 6.45) is 0.512. The van der Waals surface area contributed by atoms with Crippen molar-refractivity contribution in [3.8, 4) is 6.01 Å². The third-order valence-corrected chi connectivity index (χ3v) is 2.07. The van der Waals surface area contributed by atoms with Crippen LogP contribution in [0.3, 0.4) is 0 Å². The number of aromatic hydroxyl groups is 1. The van der Waals surface area contributed by atoms with E-state index in [1.807, 2.05) is 0 Å². The van der Waals surface area contributed by atoms with Crippen LogP contribution in [0.15, 0.2) is 20.1 Å². The van der Waals surface area contributed by atoms with E-state index in [0.29, 0.717) is 12.0 Å². The molecule has 6 nitrogen and oxygen atoms in total. The number of fused-ring (bicyclic) bond motifs is 1. The van der Waals surface area contributed by atoms with Gasteiger partial charge in [0.1, 0.15) is 5.39 Å². The molecule has 0 amide bonds. The van der Waals surface area contributed by atoms with Crippen molar-refractivity contribution in [1.82, 2.24) is 9.97 Å². The van der Waals surface area contributed by atoms with E-state index in [2.05, 4.69) is 9.97 Å². The number of nitrogens with zero attached hydrogens (tertiary/aromatic N) is 1. The summed E-state index contributed by atoms with van der Waals surface area (Å²) in [4.78, 5) is 28.2. The van der Waals surface area contributed by atoms with E-state index in [9.17, 15) is 9.59 Å². The third-order valence-electron chi connectivity index (χ3n) is 2.07. The molecule has 15 heavy (non-hydrogen) atoms. The number of hydrogen-bond donors (Lipinski definition) is 2. The molecular formula is C9H8N2O4. The first kappa shape index (κ1) is 9.45. The van der Waals surface area contributed by atoms with Gasteiger partial charge >= 0.3 is 5.63 Å². The number of H-pyrrole nitrogens is 1. The lowest BCUT2D eigenvalue weighted by atomic mass is 10.1. The van der Waals surface area contributed by atoms with Crippen LogP contribution >= 0.6 is 0 Å². The molecule has 2 rings (SSSR count). The molecule has 0 saturated heterocycles. The highest BCUT2D eigenvalue weighted by molar-refractivity contribution is 5.75. The molecule has 0 radical (unpaired) electrons. The van der Waals surface area contributed by atoms with Crippen LogP contribution in [-0.2, 0) is 6.42 Å². The van der Waals surface area contributed by atoms with Crippen molar-refractivity contribution in [3.05, 3.63) is 32.4 Å². The topological polar surface area (TPSA) is 96.2 Å². The van der Waals surface area contributed by atoms with Gasteiger partial charge in [-0.1, -0.05) is 6.92 Å². The number of nitrogens with one attached hydrogen (secondary N) is 1. The van der Waals surface area contributed by atoms with Crippen molar-refractivity contribution >= 4 is 11.1 Å². The summed E-state index contributed by atoms with van der Waals surface area (Å²) in [6.45, 7) is 1.81. The molecular weight excluding hydrogens is 200 g/mol. The number of hydrogen-bond acceptors (Lipinski definition) is 5. The lowest BCUT2D eigenvalue weighted by Gasteiger charge is -2.00. The molecule has 78 valence electrons.